The minimum absolute atomic E-state index is 0.338. The van der Waals surface area contributed by atoms with Crippen LogP contribution in [0.25, 0.3) is 0 Å². The van der Waals surface area contributed by atoms with Crippen molar-refractivity contribution >= 4 is 15.9 Å². The lowest BCUT2D eigenvalue weighted by atomic mass is 10.1. The van der Waals surface area contributed by atoms with E-state index in [9.17, 15) is 0 Å². The summed E-state index contributed by atoms with van der Waals surface area (Å²) in [7, 11) is 0. The van der Waals surface area contributed by atoms with Crippen molar-refractivity contribution in [2.24, 2.45) is 0 Å². The van der Waals surface area contributed by atoms with Crippen molar-refractivity contribution in [3.63, 3.8) is 0 Å². The first-order valence-corrected chi connectivity index (χ1v) is 6.94. The van der Waals surface area contributed by atoms with Crippen LogP contribution in [0.1, 0.15) is 44.4 Å². The molecule has 0 spiro atoms. The molecule has 90 valence electrons. The predicted molar refractivity (Wildman–Crippen MR) is 65.7 cm³/mol. The van der Waals surface area contributed by atoms with E-state index in [4.69, 9.17) is 4.74 Å². The highest BCUT2D eigenvalue weighted by Crippen LogP contribution is 2.20. The Balaban J connectivity index is 2.15. The maximum Gasteiger partial charge on any atom is 0.143 e. The fourth-order valence-corrected chi connectivity index (χ4v) is 2.58. The molecule has 16 heavy (non-hydrogen) atoms. The smallest absolute Gasteiger partial charge is 0.143 e. The lowest BCUT2D eigenvalue weighted by molar-refractivity contribution is 0.109. The van der Waals surface area contributed by atoms with E-state index in [0.717, 1.165) is 36.4 Å². The highest BCUT2D eigenvalue weighted by molar-refractivity contribution is 9.08. The Morgan fingerprint density at radius 1 is 1.44 bits per heavy atom. The zero-order valence-corrected chi connectivity index (χ0v) is 11.4. The molecule has 0 bridgehead atoms. The summed E-state index contributed by atoms with van der Waals surface area (Å²) in [6.07, 6.45) is 3.54. The molecule has 0 amide bonds. The molecule has 1 atom stereocenters. The number of aromatic nitrogens is 3. The highest BCUT2D eigenvalue weighted by Gasteiger charge is 2.21. The molecule has 1 saturated heterocycles. The fraction of sp³-hybridized carbons (Fsp3) is 0.818. The number of hydrogen-bond acceptors (Lipinski definition) is 3. The quantitative estimate of drug-likeness (QED) is 0.799. The highest BCUT2D eigenvalue weighted by atomic mass is 79.9. The minimum atomic E-state index is 0.338. The van der Waals surface area contributed by atoms with Gasteiger partial charge in [0, 0.05) is 19.1 Å². The van der Waals surface area contributed by atoms with Gasteiger partial charge in [0.2, 0.25) is 0 Å². The Hall–Kier alpha value is -0.420. The van der Waals surface area contributed by atoms with Gasteiger partial charge in [-0.3, -0.25) is 0 Å². The number of halogens is 1. The number of nitrogens with zero attached hydrogens (tertiary/aromatic N) is 3. The van der Waals surface area contributed by atoms with Gasteiger partial charge in [-0.05, 0) is 26.7 Å². The summed E-state index contributed by atoms with van der Waals surface area (Å²) in [6, 6.07) is 0.402. The molecule has 1 aliphatic heterocycles. The molecule has 2 rings (SSSR count). The van der Waals surface area contributed by atoms with E-state index in [1.54, 1.807) is 0 Å². The van der Waals surface area contributed by atoms with Crippen LogP contribution in [0.2, 0.25) is 0 Å². The van der Waals surface area contributed by atoms with E-state index in [0.29, 0.717) is 12.1 Å². The molecule has 0 N–H and O–H groups in total. The average molecular weight is 288 g/mol. The zero-order valence-electron chi connectivity index (χ0n) is 9.82. The normalized spacial score (nSPS) is 20.9. The van der Waals surface area contributed by atoms with Crippen LogP contribution in [0.3, 0.4) is 0 Å². The van der Waals surface area contributed by atoms with Crippen molar-refractivity contribution < 1.29 is 4.74 Å². The van der Waals surface area contributed by atoms with Gasteiger partial charge in [0.05, 0.1) is 11.4 Å². The predicted octanol–water partition coefficient (Wildman–Crippen LogP) is 2.48. The van der Waals surface area contributed by atoms with Gasteiger partial charge in [0.1, 0.15) is 11.6 Å². The fourth-order valence-electron chi connectivity index (χ4n) is 2.20. The topological polar surface area (TPSA) is 39.9 Å². The second kappa shape index (κ2) is 5.27. The Morgan fingerprint density at radius 3 is 2.75 bits per heavy atom. The maximum absolute atomic E-state index is 5.64. The van der Waals surface area contributed by atoms with E-state index in [1.807, 2.05) is 0 Å². The van der Waals surface area contributed by atoms with E-state index in [2.05, 4.69) is 44.5 Å². The van der Waals surface area contributed by atoms with Crippen LogP contribution >= 0.6 is 15.9 Å². The lowest BCUT2D eigenvalue weighted by Crippen LogP contribution is -2.16. The molecule has 4 nitrogen and oxygen atoms in total. The van der Waals surface area contributed by atoms with Crippen LogP contribution < -0.4 is 0 Å². The summed E-state index contributed by atoms with van der Waals surface area (Å²) in [5.41, 5.74) is 0. The monoisotopic (exact) mass is 287 g/mol. The molecule has 0 saturated carbocycles. The molecule has 1 aromatic heterocycles. The van der Waals surface area contributed by atoms with Gasteiger partial charge in [-0.1, -0.05) is 15.9 Å². The minimum Gasteiger partial charge on any atom is -0.378 e. The van der Waals surface area contributed by atoms with Crippen LogP contribution in [0.4, 0.5) is 0 Å². The number of ether oxygens (including phenoxy) is 1. The van der Waals surface area contributed by atoms with Crippen molar-refractivity contribution in [1.82, 2.24) is 14.8 Å². The van der Waals surface area contributed by atoms with E-state index in [-0.39, 0.29) is 0 Å². The summed E-state index contributed by atoms with van der Waals surface area (Å²) < 4.78 is 7.85. The van der Waals surface area contributed by atoms with E-state index in [1.165, 1.54) is 6.42 Å². The van der Waals surface area contributed by atoms with E-state index < -0.39 is 0 Å². The molecule has 1 aromatic rings. The van der Waals surface area contributed by atoms with E-state index >= 15 is 0 Å². The summed E-state index contributed by atoms with van der Waals surface area (Å²) >= 11 is 3.45. The molecule has 1 unspecified atom stereocenters. The number of alkyl halides is 1. The Morgan fingerprint density at radius 2 is 2.19 bits per heavy atom. The van der Waals surface area contributed by atoms with Gasteiger partial charge < -0.3 is 9.30 Å². The number of hydrogen-bond donors (Lipinski definition) is 0. The SMILES string of the molecule is CC(C)n1c(CBr)nnc1CC1CCCO1. The average Bonchev–Trinajstić information content (AvgIpc) is 2.87. The van der Waals surface area contributed by atoms with Crippen LogP contribution in [-0.4, -0.2) is 27.5 Å². The van der Waals surface area contributed by atoms with Crippen LogP contribution in [0.15, 0.2) is 0 Å². The Labute approximate surface area is 105 Å². The zero-order chi connectivity index (χ0) is 11.5. The summed E-state index contributed by atoms with van der Waals surface area (Å²) in [4.78, 5) is 0. The van der Waals surface area contributed by atoms with Gasteiger partial charge in [-0.2, -0.15) is 0 Å². The second-order valence-corrected chi connectivity index (χ2v) is 5.03. The van der Waals surface area contributed by atoms with Gasteiger partial charge in [0.25, 0.3) is 0 Å². The number of rotatable bonds is 4. The van der Waals surface area contributed by atoms with Crippen LogP contribution in [-0.2, 0) is 16.5 Å². The molecule has 0 aromatic carbocycles. The largest absolute Gasteiger partial charge is 0.378 e. The second-order valence-electron chi connectivity index (χ2n) is 4.47. The van der Waals surface area contributed by atoms with Gasteiger partial charge >= 0.3 is 0 Å². The van der Waals surface area contributed by atoms with Gasteiger partial charge in [-0.15, -0.1) is 10.2 Å². The molecule has 0 radical (unpaired) electrons. The van der Waals surface area contributed by atoms with Crippen molar-refractivity contribution in [2.75, 3.05) is 6.61 Å². The summed E-state index contributed by atoms with van der Waals surface area (Å²) in [5, 5.41) is 9.24. The Bertz CT molecular complexity index is 345. The third-order valence-corrected chi connectivity index (χ3v) is 3.41. The third-order valence-electron chi connectivity index (χ3n) is 2.91. The molecular weight excluding hydrogens is 270 g/mol. The van der Waals surface area contributed by atoms with Crippen LogP contribution in [0, 0.1) is 0 Å². The summed E-state index contributed by atoms with van der Waals surface area (Å²) in [6.45, 7) is 5.22. The summed E-state index contributed by atoms with van der Waals surface area (Å²) in [5.74, 6) is 2.05. The van der Waals surface area contributed by atoms with Crippen molar-refractivity contribution in [3.8, 4) is 0 Å². The Kier molecular flexibility index (Phi) is 3.97. The first-order chi connectivity index (χ1) is 7.72. The maximum atomic E-state index is 5.64. The molecule has 1 fully saturated rings. The first-order valence-electron chi connectivity index (χ1n) is 5.82. The lowest BCUT2D eigenvalue weighted by Gasteiger charge is -2.15. The van der Waals surface area contributed by atoms with Crippen LogP contribution in [0.5, 0.6) is 0 Å². The molecule has 1 aliphatic rings. The molecule has 2 heterocycles. The van der Waals surface area contributed by atoms with Crippen molar-refractivity contribution in [3.05, 3.63) is 11.6 Å². The molecular formula is C11H18BrN3O. The van der Waals surface area contributed by atoms with Gasteiger partial charge in [-0.25, -0.2) is 0 Å². The first kappa shape index (κ1) is 12.0. The van der Waals surface area contributed by atoms with Crippen molar-refractivity contribution in [2.45, 2.75) is 50.6 Å². The molecule has 5 heteroatoms. The van der Waals surface area contributed by atoms with Crippen molar-refractivity contribution in [1.29, 1.82) is 0 Å². The van der Waals surface area contributed by atoms with Gasteiger partial charge in [0.15, 0.2) is 0 Å². The third kappa shape index (κ3) is 2.46. The standard InChI is InChI=1S/C11H18BrN3O/c1-8(2)15-10(13-14-11(15)7-12)6-9-4-3-5-16-9/h8-9H,3-7H2,1-2H3. The molecule has 0 aliphatic carbocycles.